The van der Waals surface area contributed by atoms with E-state index >= 15 is 0 Å². The summed E-state index contributed by atoms with van der Waals surface area (Å²) in [4.78, 5) is 22.4. The maximum Gasteiger partial charge on any atom is 0.352 e. The van der Waals surface area contributed by atoms with Gasteiger partial charge < -0.3 is 9.47 Å². The van der Waals surface area contributed by atoms with Crippen LogP contribution in [-0.2, 0) is 17.8 Å². The number of hydrogen-bond acceptors (Lipinski definition) is 7. The fourth-order valence-electron chi connectivity index (χ4n) is 4.90. The number of hydrogen-bond donors (Lipinski definition) is 0. The van der Waals surface area contributed by atoms with Crippen LogP contribution in [0.2, 0.25) is 0 Å². The molecule has 4 heterocycles. The minimum atomic E-state index is -0.178. The molecule has 1 atom stereocenters. The predicted octanol–water partition coefficient (Wildman–Crippen LogP) is 3.94. The molecule has 3 aromatic heterocycles. The van der Waals surface area contributed by atoms with Gasteiger partial charge in [0.1, 0.15) is 16.9 Å². The zero-order chi connectivity index (χ0) is 23.9. The van der Waals surface area contributed by atoms with Gasteiger partial charge in [-0.25, -0.2) is 9.78 Å². The van der Waals surface area contributed by atoms with E-state index in [0.29, 0.717) is 18.2 Å². The van der Waals surface area contributed by atoms with Crippen molar-refractivity contribution in [2.75, 3.05) is 20.3 Å². The summed E-state index contributed by atoms with van der Waals surface area (Å²) in [5, 5.41) is 5.17. The third-order valence-corrected chi connectivity index (χ3v) is 7.80. The van der Waals surface area contributed by atoms with Crippen LogP contribution in [-0.4, -0.2) is 56.0 Å². The van der Waals surface area contributed by atoms with E-state index in [2.05, 4.69) is 41.8 Å². The van der Waals surface area contributed by atoms with Crippen molar-refractivity contribution in [3.63, 3.8) is 0 Å². The summed E-state index contributed by atoms with van der Waals surface area (Å²) in [6.45, 7) is 9.62. The number of methoxy groups -OCH3 is 1. The summed E-state index contributed by atoms with van der Waals surface area (Å²) < 4.78 is 14.4. The number of benzene rings is 1. The van der Waals surface area contributed by atoms with Gasteiger partial charge >= 0.3 is 5.69 Å². The summed E-state index contributed by atoms with van der Waals surface area (Å²) in [7, 11) is 1.65. The van der Waals surface area contributed by atoms with Crippen LogP contribution in [0.15, 0.2) is 41.5 Å². The standard InChI is InChI=1S/C25H31N5O3S/c1-5-28(18-10-11-33-25(2,3)13-18)15-20-12-21-22-26-16-27-30(22)24(31)29(23(21)34-20)14-17-6-8-19(32-4)9-7-17/h6-9,12,16,18H,5,10-11,13-15H2,1-4H3. The average Bonchev–Trinajstić information content (AvgIpc) is 3.47. The fourth-order valence-corrected chi connectivity index (χ4v) is 6.07. The normalized spacial score (nSPS) is 18.2. The molecule has 5 rings (SSSR count). The van der Waals surface area contributed by atoms with E-state index in [-0.39, 0.29) is 11.3 Å². The van der Waals surface area contributed by atoms with Crippen molar-refractivity contribution in [1.29, 1.82) is 0 Å². The van der Waals surface area contributed by atoms with Crippen LogP contribution in [0.5, 0.6) is 5.75 Å². The minimum Gasteiger partial charge on any atom is -0.497 e. The lowest BCUT2D eigenvalue weighted by atomic mass is 9.93. The van der Waals surface area contributed by atoms with Crippen LogP contribution >= 0.6 is 11.3 Å². The van der Waals surface area contributed by atoms with Gasteiger partial charge in [0.25, 0.3) is 0 Å². The largest absolute Gasteiger partial charge is 0.497 e. The molecule has 0 aliphatic carbocycles. The maximum absolute atomic E-state index is 13.3. The molecule has 0 amide bonds. The van der Waals surface area contributed by atoms with Crippen LogP contribution in [0.25, 0.3) is 15.9 Å². The molecule has 4 aromatic rings. The van der Waals surface area contributed by atoms with Crippen molar-refractivity contribution in [3.05, 3.63) is 57.6 Å². The maximum atomic E-state index is 13.3. The van der Waals surface area contributed by atoms with Gasteiger partial charge in [-0.2, -0.15) is 9.61 Å². The molecule has 0 spiro atoms. The van der Waals surface area contributed by atoms with E-state index in [0.717, 1.165) is 54.1 Å². The Morgan fingerprint density at radius 2 is 2.09 bits per heavy atom. The first-order valence-corrected chi connectivity index (χ1v) is 12.6. The topological polar surface area (TPSA) is 73.9 Å². The first-order chi connectivity index (χ1) is 16.4. The Kier molecular flexibility index (Phi) is 6.18. The molecule has 0 radical (unpaired) electrons. The van der Waals surface area contributed by atoms with Crippen LogP contribution in [0.3, 0.4) is 0 Å². The Morgan fingerprint density at radius 1 is 1.29 bits per heavy atom. The number of nitrogens with zero attached hydrogens (tertiary/aromatic N) is 5. The van der Waals surface area contributed by atoms with Gasteiger partial charge in [-0.05, 0) is 57.0 Å². The highest BCUT2D eigenvalue weighted by Crippen LogP contribution is 2.32. The monoisotopic (exact) mass is 481 g/mol. The third kappa shape index (κ3) is 4.35. The highest BCUT2D eigenvalue weighted by Gasteiger charge is 2.32. The molecule has 1 unspecified atom stereocenters. The first kappa shape index (κ1) is 23.0. The lowest BCUT2D eigenvalue weighted by molar-refractivity contribution is -0.0837. The number of fused-ring (bicyclic) bond motifs is 3. The van der Waals surface area contributed by atoms with E-state index in [1.807, 2.05) is 24.3 Å². The summed E-state index contributed by atoms with van der Waals surface area (Å²) in [5.74, 6) is 0.794. The predicted molar refractivity (Wildman–Crippen MR) is 134 cm³/mol. The van der Waals surface area contributed by atoms with Gasteiger partial charge in [-0.15, -0.1) is 11.3 Å². The SMILES string of the molecule is CCN(Cc1cc2c(s1)n(Cc1ccc(OC)cc1)c(=O)n1ncnc21)C1CCOC(C)(C)C1. The minimum absolute atomic E-state index is 0.0942. The molecule has 34 heavy (non-hydrogen) atoms. The van der Waals surface area contributed by atoms with E-state index < -0.39 is 0 Å². The molecule has 1 aromatic carbocycles. The van der Waals surface area contributed by atoms with Gasteiger partial charge in [0, 0.05) is 24.1 Å². The Morgan fingerprint density at radius 3 is 2.79 bits per heavy atom. The van der Waals surface area contributed by atoms with Crippen LogP contribution < -0.4 is 10.4 Å². The van der Waals surface area contributed by atoms with Crippen molar-refractivity contribution >= 4 is 27.2 Å². The molecular weight excluding hydrogens is 450 g/mol. The quantitative estimate of drug-likeness (QED) is 0.398. The Hall–Kier alpha value is -2.75. The molecule has 0 N–H and O–H groups in total. The van der Waals surface area contributed by atoms with Gasteiger partial charge in [0.05, 0.1) is 24.6 Å². The molecular formula is C25H31N5O3S. The Bertz CT molecular complexity index is 1350. The van der Waals surface area contributed by atoms with Crippen molar-refractivity contribution in [1.82, 2.24) is 24.1 Å². The van der Waals surface area contributed by atoms with Crippen molar-refractivity contribution in [2.24, 2.45) is 0 Å². The molecule has 1 saturated heterocycles. The average molecular weight is 482 g/mol. The highest BCUT2D eigenvalue weighted by atomic mass is 32.1. The summed E-state index contributed by atoms with van der Waals surface area (Å²) in [5.41, 5.74) is 1.37. The van der Waals surface area contributed by atoms with Gasteiger partial charge in [-0.3, -0.25) is 9.47 Å². The third-order valence-electron chi connectivity index (χ3n) is 6.66. The summed E-state index contributed by atoms with van der Waals surface area (Å²) in [6.07, 6.45) is 3.51. The van der Waals surface area contributed by atoms with Gasteiger partial charge in [-0.1, -0.05) is 19.1 Å². The lowest BCUT2D eigenvalue weighted by Gasteiger charge is -2.40. The number of ether oxygens (including phenoxy) is 2. The van der Waals surface area contributed by atoms with E-state index in [1.165, 1.54) is 15.7 Å². The molecule has 9 heteroatoms. The lowest BCUT2D eigenvalue weighted by Crippen LogP contribution is -2.45. The molecule has 1 aliphatic heterocycles. The van der Waals surface area contributed by atoms with Crippen molar-refractivity contribution < 1.29 is 9.47 Å². The van der Waals surface area contributed by atoms with Crippen molar-refractivity contribution in [2.45, 2.75) is 58.3 Å². The second-order valence-electron chi connectivity index (χ2n) is 9.46. The Labute approximate surface area is 202 Å². The zero-order valence-corrected chi connectivity index (χ0v) is 21.0. The number of thiophene rings is 1. The summed E-state index contributed by atoms with van der Waals surface area (Å²) >= 11 is 1.68. The molecule has 0 saturated carbocycles. The van der Waals surface area contributed by atoms with Crippen LogP contribution in [0.4, 0.5) is 0 Å². The smallest absolute Gasteiger partial charge is 0.352 e. The zero-order valence-electron chi connectivity index (χ0n) is 20.2. The number of aromatic nitrogens is 4. The highest BCUT2D eigenvalue weighted by molar-refractivity contribution is 7.18. The second kappa shape index (κ2) is 9.13. The van der Waals surface area contributed by atoms with Crippen LogP contribution in [0, 0.1) is 0 Å². The van der Waals surface area contributed by atoms with E-state index in [1.54, 1.807) is 23.0 Å². The number of rotatable bonds is 7. The van der Waals surface area contributed by atoms with Gasteiger partial charge in [0.2, 0.25) is 0 Å². The van der Waals surface area contributed by atoms with Gasteiger partial charge in [0.15, 0.2) is 5.65 Å². The van der Waals surface area contributed by atoms with Crippen LogP contribution in [0.1, 0.15) is 44.1 Å². The van der Waals surface area contributed by atoms with E-state index in [9.17, 15) is 4.79 Å². The molecule has 1 aliphatic rings. The second-order valence-corrected chi connectivity index (χ2v) is 10.6. The molecule has 180 valence electrons. The molecule has 0 bridgehead atoms. The Balaban J connectivity index is 1.52. The first-order valence-electron chi connectivity index (χ1n) is 11.7. The van der Waals surface area contributed by atoms with E-state index in [4.69, 9.17) is 9.47 Å². The summed E-state index contributed by atoms with van der Waals surface area (Å²) in [6, 6.07) is 10.5. The fraction of sp³-hybridized carbons (Fsp3) is 0.480. The van der Waals surface area contributed by atoms with Crippen molar-refractivity contribution in [3.8, 4) is 5.75 Å². The molecule has 8 nitrogen and oxygen atoms in total. The molecule has 1 fully saturated rings.